The van der Waals surface area contributed by atoms with Crippen molar-refractivity contribution in [2.24, 2.45) is 0 Å². The van der Waals surface area contributed by atoms with E-state index >= 15 is 0 Å². The van der Waals surface area contributed by atoms with E-state index in [1.54, 1.807) is 0 Å². The van der Waals surface area contributed by atoms with Crippen molar-refractivity contribution in [3.63, 3.8) is 0 Å². The molecule has 1 amide bonds. The highest BCUT2D eigenvalue weighted by atomic mass is 16.6. The monoisotopic (exact) mass is 380 g/mol. The van der Waals surface area contributed by atoms with Crippen molar-refractivity contribution in [1.82, 2.24) is 14.9 Å². The molecule has 0 saturated carbocycles. The molecule has 3 rings (SSSR count). The lowest BCUT2D eigenvalue weighted by molar-refractivity contribution is -0.384. The molecule has 8 heteroatoms. The Morgan fingerprint density at radius 1 is 1.25 bits per heavy atom. The van der Waals surface area contributed by atoms with Crippen LogP contribution in [0.5, 0.6) is 0 Å². The first kappa shape index (κ1) is 19.2. The van der Waals surface area contributed by atoms with E-state index < -0.39 is 10.5 Å². The van der Waals surface area contributed by atoms with Crippen molar-refractivity contribution in [3.05, 3.63) is 80.9 Å². The lowest BCUT2D eigenvalue weighted by Gasteiger charge is -2.19. The van der Waals surface area contributed by atoms with Gasteiger partial charge in [-0.25, -0.2) is 4.98 Å². The summed E-state index contributed by atoms with van der Waals surface area (Å²) >= 11 is 0. The molecule has 0 aliphatic rings. The first-order chi connectivity index (χ1) is 13.5. The third kappa shape index (κ3) is 4.22. The Bertz CT molecular complexity index is 1060. The maximum Gasteiger partial charge on any atom is 0.270 e. The Kier molecular flexibility index (Phi) is 5.78. The molecule has 0 bridgehead atoms. The van der Waals surface area contributed by atoms with Gasteiger partial charge in [-0.1, -0.05) is 43.7 Å². The SMILES string of the molecule is CCCC(NC(=O)Cn1cnc2ccc([N+](=O)[O-])cc2c1=O)c1ccccc1. The molecule has 0 spiro atoms. The summed E-state index contributed by atoms with van der Waals surface area (Å²) in [6.45, 7) is 1.82. The second kappa shape index (κ2) is 8.43. The van der Waals surface area contributed by atoms with E-state index in [1.165, 1.54) is 24.5 Å². The van der Waals surface area contributed by atoms with Gasteiger partial charge >= 0.3 is 0 Å². The molecule has 0 aliphatic heterocycles. The molecule has 0 saturated heterocycles. The van der Waals surface area contributed by atoms with Crippen molar-refractivity contribution >= 4 is 22.5 Å². The molecular formula is C20H20N4O4. The van der Waals surface area contributed by atoms with Crippen LogP contribution in [0.1, 0.15) is 31.4 Å². The average molecular weight is 380 g/mol. The Morgan fingerprint density at radius 2 is 2.00 bits per heavy atom. The number of hydrogen-bond acceptors (Lipinski definition) is 5. The summed E-state index contributed by atoms with van der Waals surface area (Å²) in [5.74, 6) is -0.323. The van der Waals surface area contributed by atoms with Crippen LogP contribution in [0, 0.1) is 10.1 Å². The quantitative estimate of drug-likeness (QED) is 0.501. The van der Waals surface area contributed by atoms with Gasteiger partial charge in [0.1, 0.15) is 6.54 Å². The second-order valence-corrected chi connectivity index (χ2v) is 6.46. The molecule has 1 N–H and O–H groups in total. The summed E-state index contributed by atoms with van der Waals surface area (Å²) in [4.78, 5) is 39.7. The maximum atomic E-state index is 12.6. The smallest absolute Gasteiger partial charge is 0.270 e. The minimum absolute atomic E-state index is 0.109. The van der Waals surface area contributed by atoms with Crippen molar-refractivity contribution < 1.29 is 9.72 Å². The average Bonchev–Trinajstić information content (AvgIpc) is 2.70. The van der Waals surface area contributed by atoms with Crippen LogP contribution in [-0.2, 0) is 11.3 Å². The zero-order chi connectivity index (χ0) is 20.1. The van der Waals surface area contributed by atoms with Gasteiger partial charge in [0.2, 0.25) is 5.91 Å². The number of amides is 1. The first-order valence-electron chi connectivity index (χ1n) is 8.97. The Balaban J connectivity index is 1.83. The van der Waals surface area contributed by atoms with Gasteiger partial charge in [-0.15, -0.1) is 0 Å². The van der Waals surface area contributed by atoms with Gasteiger partial charge in [0, 0.05) is 12.1 Å². The predicted molar refractivity (Wildman–Crippen MR) is 105 cm³/mol. The van der Waals surface area contributed by atoms with Crippen LogP contribution in [0.25, 0.3) is 10.9 Å². The van der Waals surface area contributed by atoms with Crippen molar-refractivity contribution in [3.8, 4) is 0 Å². The standard InChI is InChI=1S/C20H20N4O4/c1-2-6-17(14-7-4-3-5-8-14)22-19(25)12-23-13-21-18-10-9-15(24(27)28)11-16(18)20(23)26/h3-5,7-11,13,17H,2,6,12H2,1H3,(H,22,25). The molecule has 2 aromatic carbocycles. The Morgan fingerprint density at radius 3 is 2.68 bits per heavy atom. The van der Waals surface area contributed by atoms with E-state index in [0.29, 0.717) is 5.52 Å². The number of nitrogens with one attached hydrogen (secondary N) is 1. The predicted octanol–water partition coefficient (Wildman–Crippen LogP) is 2.96. The van der Waals surface area contributed by atoms with E-state index in [4.69, 9.17) is 0 Å². The minimum Gasteiger partial charge on any atom is -0.348 e. The highest BCUT2D eigenvalue weighted by Crippen LogP contribution is 2.18. The number of fused-ring (bicyclic) bond motifs is 1. The van der Waals surface area contributed by atoms with Crippen molar-refractivity contribution in [2.45, 2.75) is 32.4 Å². The number of benzene rings is 2. The second-order valence-electron chi connectivity index (χ2n) is 6.46. The largest absolute Gasteiger partial charge is 0.348 e. The summed E-state index contributed by atoms with van der Waals surface area (Å²) in [6.07, 6.45) is 2.95. The number of nitro groups is 1. The van der Waals surface area contributed by atoms with Crippen LogP contribution in [-0.4, -0.2) is 20.4 Å². The van der Waals surface area contributed by atoms with Gasteiger partial charge in [-0.05, 0) is 18.1 Å². The number of hydrogen-bond donors (Lipinski definition) is 1. The summed E-state index contributed by atoms with van der Waals surface area (Å²) in [5.41, 5.74) is 0.661. The Hall–Kier alpha value is -3.55. The number of rotatable bonds is 7. The van der Waals surface area contributed by atoms with Crippen molar-refractivity contribution in [1.29, 1.82) is 0 Å². The third-order valence-electron chi connectivity index (χ3n) is 4.45. The number of carbonyl (C=O) groups excluding carboxylic acids is 1. The van der Waals surface area contributed by atoms with E-state index in [2.05, 4.69) is 10.3 Å². The fourth-order valence-electron chi connectivity index (χ4n) is 3.06. The molecular weight excluding hydrogens is 360 g/mol. The van der Waals surface area contributed by atoms with Gasteiger partial charge < -0.3 is 5.32 Å². The van der Waals surface area contributed by atoms with E-state index in [1.807, 2.05) is 37.3 Å². The third-order valence-corrected chi connectivity index (χ3v) is 4.45. The Labute approximate surface area is 161 Å². The molecule has 28 heavy (non-hydrogen) atoms. The van der Waals surface area contributed by atoms with Crippen LogP contribution < -0.4 is 10.9 Å². The zero-order valence-electron chi connectivity index (χ0n) is 15.4. The number of non-ortho nitro benzene ring substituents is 1. The van der Waals surface area contributed by atoms with Gasteiger partial charge in [-0.2, -0.15) is 0 Å². The summed E-state index contributed by atoms with van der Waals surface area (Å²) in [6, 6.07) is 13.4. The molecule has 1 unspecified atom stereocenters. The van der Waals surface area contributed by atoms with E-state index in [9.17, 15) is 19.7 Å². The number of aromatic nitrogens is 2. The number of carbonyl (C=O) groups is 1. The van der Waals surface area contributed by atoms with Gasteiger partial charge in [-0.3, -0.25) is 24.3 Å². The molecule has 0 aliphatic carbocycles. The van der Waals surface area contributed by atoms with E-state index in [-0.39, 0.29) is 29.6 Å². The van der Waals surface area contributed by atoms with Crippen LogP contribution in [0.3, 0.4) is 0 Å². The lowest BCUT2D eigenvalue weighted by Crippen LogP contribution is -2.34. The molecule has 0 fully saturated rings. The van der Waals surface area contributed by atoms with Crippen LogP contribution in [0.4, 0.5) is 5.69 Å². The van der Waals surface area contributed by atoms with Crippen molar-refractivity contribution in [2.75, 3.05) is 0 Å². The normalized spacial score (nSPS) is 11.9. The number of nitrogens with zero attached hydrogens (tertiary/aromatic N) is 3. The molecule has 1 atom stereocenters. The molecule has 144 valence electrons. The first-order valence-corrected chi connectivity index (χ1v) is 8.97. The van der Waals surface area contributed by atoms with Crippen LogP contribution >= 0.6 is 0 Å². The van der Waals surface area contributed by atoms with Crippen LogP contribution in [0.2, 0.25) is 0 Å². The maximum absolute atomic E-state index is 12.6. The molecule has 8 nitrogen and oxygen atoms in total. The fraction of sp³-hybridized carbons (Fsp3) is 0.250. The molecule has 3 aromatic rings. The number of nitro benzene ring substituents is 1. The zero-order valence-corrected chi connectivity index (χ0v) is 15.4. The minimum atomic E-state index is -0.571. The molecule has 0 radical (unpaired) electrons. The summed E-state index contributed by atoms with van der Waals surface area (Å²) in [5, 5.41) is 14.0. The highest BCUT2D eigenvalue weighted by Gasteiger charge is 2.16. The van der Waals surface area contributed by atoms with Gasteiger partial charge in [0.05, 0.1) is 28.2 Å². The van der Waals surface area contributed by atoms with Crippen LogP contribution in [0.15, 0.2) is 59.7 Å². The summed E-state index contributed by atoms with van der Waals surface area (Å²) < 4.78 is 1.16. The summed E-state index contributed by atoms with van der Waals surface area (Å²) in [7, 11) is 0. The van der Waals surface area contributed by atoms with E-state index in [0.717, 1.165) is 23.0 Å². The molecule has 1 heterocycles. The topological polar surface area (TPSA) is 107 Å². The highest BCUT2D eigenvalue weighted by molar-refractivity contribution is 5.81. The fourth-order valence-corrected chi connectivity index (χ4v) is 3.06. The van der Waals surface area contributed by atoms with Gasteiger partial charge in [0.25, 0.3) is 11.2 Å². The van der Waals surface area contributed by atoms with Gasteiger partial charge in [0.15, 0.2) is 0 Å². The lowest BCUT2D eigenvalue weighted by atomic mass is 10.0. The molecule has 1 aromatic heterocycles.